The number of aryl methyl sites for hydroxylation is 1. The summed E-state index contributed by atoms with van der Waals surface area (Å²) < 4.78 is 11.3. The third-order valence-electron chi connectivity index (χ3n) is 4.24. The quantitative estimate of drug-likeness (QED) is 0.839. The Bertz CT molecular complexity index is 690. The van der Waals surface area contributed by atoms with Gasteiger partial charge in [0.05, 0.1) is 13.2 Å². The van der Waals surface area contributed by atoms with Gasteiger partial charge in [0.1, 0.15) is 5.75 Å². The van der Waals surface area contributed by atoms with Gasteiger partial charge < -0.3 is 14.4 Å². The van der Waals surface area contributed by atoms with E-state index < -0.39 is 0 Å². The second kappa shape index (κ2) is 8.62. The smallest absolute Gasteiger partial charge is 0.260 e. The Morgan fingerprint density at radius 1 is 1.24 bits per heavy atom. The maximum Gasteiger partial charge on any atom is 0.260 e. The van der Waals surface area contributed by atoms with Crippen LogP contribution in [-0.4, -0.2) is 48.7 Å². The largest absolute Gasteiger partial charge is 0.484 e. The van der Waals surface area contributed by atoms with Crippen molar-refractivity contribution >= 4 is 5.91 Å². The molecule has 1 aliphatic heterocycles. The van der Waals surface area contributed by atoms with Gasteiger partial charge in [0, 0.05) is 30.4 Å². The minimum atomic E-state index is -0.00319. The van der Waals surface area contributed by atoms with Gasteiger partial charge in [0.15, 0.2) is 6.61 Å². The summed E-state index contributed by atoms with van der Waals surface area (Å²) in [5, 5.41) is 0. The van der Waals surface area contributed by atoms with Crippen LogP contribution in [0.2, 0.25) is 0 Å². The van der Waals surface area contributed by atoms with Crippen molar-refractivity contribution < 1.29 is 14.3 Å². The van der Waals surface area contributed by atoms with Gasteiger partial charge in [-0.15, -0.1) is 0 Å². The summed E-state index contributed by atoms with van der Waals surface area (Å²) in [7, 11) is 0. The summed E-state index contributed by atoms with van der Waals surface area (Å²) in [6.45, 7) is 4.54. The maximum atomic E-state index is 12.5. The Hall–Kier alpha value is -2.40. The van der Waals surface area contributed by atoms with E-state index in [-0.39, 0.29) is 18.4 Å². The standard InChI is InChI=1S/C20H24N2O3/c1-16-6-5-7-18(21-16)12-17-13-22(10-11-24-14-17)20(23)15-25-19-8-3-2-4-9-19/h2-9,17H,10-15H2,1H3/t17-/m1/s1. The second-order valence-corrected chi connectivity index (χ2v) is 6.36. The first kappa shape index (κ1) is 17.4. The van der Waals surface area contributed by atoms with Gasteiger partial charge in [-0.05, 0) is 37.6 Å². The van der Waals surface area contributed by atoms with Crippen molar-refractivity contribution in [2.45, 2.75) is 13.3 Å². The van der Waals surface area contributed by atoms with E-state index in [0.717, 1.165) is 17.8 Å². The molecule has 1 aliphatic rings. The minimum absolute atomic E-state index is 0.00319. The van der Waals surface area contributed by atoms with Crippen molar-refractivity contribution in [3.05, 3.63) is 59.9 Å². The fourth-order valence-electron chi connectivity index (χ4n) is 2.99. The molecule has 0 N–H and O–H groups in total. The lowest BCUT2D eigenvalue weighted by Crippen LogP contribution is -2.39. The number of carbonyl (C=O) groups excluding carboxylic acids is 1. The van der Waals surface area contributed by atoms with Gasteiger partial charge in [0.2, 0.25) is 0 Å². The summed E-state index contributed by atoms with van der Waals surface area (Å²) >= 11 is 0. The van der Waals surface area contributed by atoms with Gasteiger partial charge in [-0.2, -0.15) is 0 Å². The maximum absolute atomic E-state index is 12.5. The van der Waals surface area contributed by atoms with Crippen LogP contribution in [0.25, 0.3) is 0 Å². The molecule has 5 nitrogen and oxygen atoms in total. The zero-order valence-corrected chi connectivity index (χ0v) is 14.6. The fraction of sp³-hybridized carbons (Fsp3) is 0.400. The number of hydrogen-bond acceptors (Lipinski definition) is 4. The molecule has 0 unspecified atom stereocenters. The normalized spacial score (nSPS) is 17.8. The molecule has 0 bridgehead atoms. The average Bonchev–Trinajstić information content (AvgIpc) is 2.86. The number of para-hydroxylation sites is 1. The van der Waals surface area contributed by atoms with Gasteiger partial charge in [-0.1, -0.05) is 24.3 Å². The minimum Gasteiger partial charge on any atom is -0.484 e. The van der Waals surface area contributed by atoms with E-state index in [1.165, 1.54) is 0 Å². The summed E-state index contributed by atoms with van der Waals surface area (Å²) in [6.07, 6.45) is 0.811. The van der Waals surface area contributed by atoms with Crippen LogP contribution in [0.3, 0.4) is 0 Å². The molecule has 1 atom stereocenters. The zero-order valence-electron chi connectivity index (χ0n) is 14.6. The van der Waals surface area contributed by atoms with Crippen LogP contribution in [-0.2, 0) is 16.0 Å². The lowest BCUT2D eigenvalue weighted by molar-refractivity contribution is -0.133. The van der Waals surface area contributed by atoms with Crippen molar-refractivity contribution in [2.75, 3.05) is 32.9 Å². The third-order valence-corrected chi connectivity index (χ3v) is 4.24. The molecule has 5 heteroatoms. The highest BCUT2D eigenvalue weighted by Crippen LogP contribution is 2.14. The number of pyridine rings is 1. The van der Waals surface area contributed by atoms with E-state index in [9.17, 15) is 4.79 Å². The average molecular weight is 340 g/mol. The zero-order chi connectivity index (χ0) is 17.5. The molecule has 132 valence electrons. The lowest BCUT2D eigenvalue weighted by atomic mass is 10.0. The Morgan fingerprint density at radius 3 is 2.88 bits per heavy atom. The SMILES string of the molecule is Cc1cccc(C[C@H]2COCCN(C(=O)COc3ccccc3)C2)n1. The molecule has 0 saturated carbocycles. The number of benzene rings is 1. The Morgan fingerprint density at radius 2 is 2.08 bits per heavy atom. The number of ether oxygens (including phenoxy) is 2. The first-order chi connectivity index (χ1) is 12.2. The molecular weight excluding hydrogens is 316 g/mol. The Balaban J connectivity index is 1.56. The van der Waals surface area contributed by atoms with Crippen LogP contribution in [0.15, 0.2) is 48.5 Å². The van der Waals surface area contributed by atoms with E-state index in [1.807, 2.05) is 60.4 Å². The first-order valence-corrected chi connectivity index (χ1v) is 8.66. The Labute approximate surface area is 148 Å². The van der Waals surface area contributed by atoms with Crippen molar-refractivity contribution in [3.63, 3.8) is 0 Å². The summed E-state index contributed by atoms with van der Waals surface area (Å²) in [5.74, 6) is 0.955. The monoisotopic (exact) mass is 340 g/mol. The summed E-state index contributed by atoms with van der Waals surface area (Å²) in [6, 6.07) is 15.5. The van der Waals surface area contributed by atoms with Crippen LogP contribution in [0, 0.1) is 12.8 Å². The Kier molecular flexibility index (Phi) is 6.01. The molecule has 0 radical (unpaired) electrons. The lowest BCUT2D eigenvalue weighted by Gasteiger charge is -2.23. The number of aromatic nitrogens is 1. The number of amides is 1. The van der Waals surface area contributed by atoms with Crippen molar-refractivity contribution in [1.82, 2.24) is 9.88 Å². The predicted octanol–water partition coefficient (Wildman–Crippen LogP) is 2.49. The highest BCUT2D eigenvalue weighted by molar-refractivity contribution is 5.77. The molecule has 1 aromatic heterocycles. The molecule has 25 heavy (non-hydrogen) atoms. The number of rotatable bonds is 5. The molecular formula is C20H24N2O3. The van der Waals surface area contributed by atoms with E-state index in [0.29, 0.717) is 32.1 Å². The van der Waals surface area contributed by atoms with Crippen molar-refractivity contribution in [2.24, 2.45) is 5.92 Å². The van der Waals surface area contributed by atoms with Crippen LogP contribution in [0.5, 0.6) is 5.75 Å². The highest BCUT2D eigenvalue weighted by Gasteiger charge is 2.23. The molecule has 1 amide bonds. The molecule has 3 rings (SSSR count). The van der Waals surface area contributed by atoms with Crippen LogP contribution >= 0.6 is 0 Å². The van der Waals surface area contributed by atoms with Crippen molar-refractivity contribution in [3.8, 4) is 5.75 Å². The van der Waals surface area contributed by atoms with Crippen LogP contribution < -0.4 is 4.74 Å². The molecule has 1 saturated heterocycles. The van der Waals surface area contributed by atoms with Gasteiger partial charge in [0.25, 0.3) is 5.91 Å². The van der Waals surface area contributed by atoms with Gasteiger partial charge in [-0.3, -0.25) is 9.78 Å². The number of hydrogen-bond donors (Lipinski definition) is 0. The van der Waals surface area contributed by atoms with E-state index in [1.54, 1.807) is 0 Å². The van der Waals surface area contributed by atoms with E-state index in [2.05, 4.69) is 4.98 Å². The van der Waals surface area contributed by atoms with Gasteiger partial charge >= 0.3 is 0 Å². The highest BCUT2D eigenvalue weighted by atomic mass is 16.5. The van der Waals surface area contributed by atoms with Crippen LogP contribution in [0.1, 0.15) is 11.4 Å². The molecule has 0 aliphatic carbocycles. The molecule has 1 aromatic carbocycles. The number of carbonyl (C=O) groups is 1. The molecule has 2 heterocycles. The van der Waals surface area contributed by atoms with Gasteiger partial charge in [-0.25, -0.2) is 0 Å². The second-order valence-electron chi connectivity index (χ2n) is 6.36. The number of nitrogens with zero attached hydrogens (tertiary/aromatic N) is 2. The summed E-state index contributed by atoms with van der Waals surface area (Å²) in [5.41, 5.74) is 2.06. The molecule has 0 spiro atoms. The molecule has 1 fully saturated rings. The first-order valence-electron chi connectivity index (χ1n) is 8.66. The summed E-state index contributed by atoms with van der Waals surface area (Å²) in [4.78, 5) is 18.9. The van der Waals surface area contributed by atoms with E-state index >= 15 is 0 Å². The predicted molar refractivity (Wildman–Crippen MR) is 95.5 cm³/mol. The van der Waals surface area contributed by atoms with E-state index in [4.69, 9.17) is 9.47 Å². The topological polar surface area (TPSA) is 51.7 Å². The molecule has 2 aromatic rings. The van der Waals surface area contributed by atoms with Crippen molar-refractivity contribution in [1.29, 1.82) is 0 Å². The fourth-order valence-corrected chi connectivity index (χ4v) is 2.99. The third kappa shape index (κ3) is 5.29. The van der Waals surface area contributed by atoms with Crippen LogP contribution in [0.4, 0.5) is 0 Å².